The van der Waals surface area contributed by atoms with Crippen molar-refractivity contribution in [3.63, 3.8) is 0 Å². The van der Waals surface area contributed by atoms with Crippen LogP contribution in [0.3, 0.4) is 0 Å². The molecule has 0 saturated carbocycles. The molecule has 0 aromatic heterocycles. The Morgan fingerprint density at radius 3 is 2.14 bits per heavy atom. The molecule has 0 radical (unpaired) electrons. The van der Waals surface area contributed by atoms with Gasteiger partial charge in [-0.3, -0.25) is 0 Å². The minimum Gasteiger partial charge on any atom is -0.493 e. The number of carbonyl (C=O) groups is 1. The van der Waals surface area contributed by atoms with Crippen LogP contribution in [-0.4, -0.2) is 47.1 Å². The van der Waals surface area contributed by atoms with Crippen molar-refractivity contribution in [3.8, 4) is 17.2 Å². The average Bonchev–Trinajstić information content (AvgIpc) is 2.45. The van der Waals surface area contributed by atoms with Gasteiger partial charge in [0.05, 0.1) is 25.5 Å². The maximum Gasteiger partial charge on any atom is 0.343 e. The lowest BCUT2D eigenvalue weighted by atomic mass is 10.1. The van der Waals surface area contributed by atoms with Crippen LogP contribution in [0.15, 0.2) is 12.1 Å². The zero-order valence-corrected chi connectivity index (χ0v) is 13.4. The van der Waals surface area contributed by atoms with Gasteiger partial charge in [0.1, 0.15) is 0 Å². The highest BCUT2D eigenvalue weighted by Crippen LogP contribution is 2.38. The van der Waals surface area contributed by atoms with E-state index in [9.17, 15) is 9.90 Å². The molecule has 21 heavy (non-hydrogen) atoms. The second-order valence-electron chi connectivity index (χ2n) is 3.89. The molecule has 0 fully saturated rings. The molecule has 6 nitrogen and oxygen atoms in total. The normalized spacial score (nSPS) is 11.6. The number of benzene rings is 1. The topological polar surface area (TPSA) is 85.2 Å². The molecule has 116 valence electrons. The van der Waals surface area contributed by atoms with Crippen LogP contribution in [0.5, 0.6) is 17.2 Å². The predicted molar refractivity (Wildman–Crippen MR) is 83.6 cm³/mol. The van der Waals surface area contributed by atoms with Crippen molar-refractivity contribution in [2.45, 2.75) is 11.9 Å². The van der Waals surface area contributed by atoms with E-state index in [0.717, 1.165) is 5.56 Å². The molecule has 1 atom stereocenters. The van der Waals surface area contributed by atoms with Crippen molar-refractivity contribution < 1.29 is 29.2 Å². The Kier molecular flexibility index (Phi) is 6.73. The second-order valence-corrected chi connectivity index (χ2v) is 5.82. The summed E-state index contributed by atoms with van der Waals surface area (Å²) in [7, 11) is 4.51. The van der Waals surface area contributed by atoms with Crippen LogP contribution in [0.25, 0.3) is 0 Å². The van der Waals surface area contributed by atoms with Crippen molar-refractivity contribution in [3.05, 3.63) is 17.7 Å². The first-order valence-electron chi connectivity index (χ1n) is 5.82. The van der Waals surface area contributed by atoms with Gasteiger partial charge in [0.15, 0.2) is 11.5 Å². The molecule has 0 saturated heterocycles. The molecule has 1 aromatic rings. The first-order valence-corrected chi connectivity index (χ1v) is 7.11. The van der Waals surface area contributed by atoms with Crippen molar-refractivity contribution in [2.24, 2.45) is 0 Å². The number of carboxylic acids is 1. The third kappa shape index (κ3) is 4.76. The molecule has 2 N–H and O–H groups in total. The molecule has 1 unspecified atom stereocenters. The number of aliphatic carboxylic acids is 1. The van der Waals surface area contributed by atoms with Gasteiger partial charge in [-0.2, -0.15) is 0 Å². The third-order valence-electron chi connectivity index (χ3n) is 2.53. The summed E-state index contributed by atoms with van der Waals surface area (Å²) in [5.74, 6) is 0.108. The molecule has 0 bridgehead atoms. The monoisotopic (exact) mass is 332 g/mol. The summed E-state index contributed by atoms with van der Waals surface area (Å²) in [6.45, 7) is 0. The average molecular weight is 332 g/mol. The number of thiocarbonyl (C=S) groups is 1. The summed E-state index contributed by atoms with van der Waals surface area (Å²) in [5.41, 5.74) is -0.806. The van der Waals surface area contributed by atoms with Gasteiger partial charge in [0.2, 0.25) is 11.2 Å². The Hall–Kier alpha value is -1.51. The molecule has 0 aliphatic heterocycles. The van der Waals surface area contributed by atoms with E-state index in [4.69, 9.17) is 31.5 Å². The summed E-state index contributed by atoms with van der Waals surface area (Å²) in [5, 5.41) is 17.9. The predicted octanol–water partition coefficient (Wildman–Crippen LogP) is 1.72. The minimum atomic E-state index is -1.57. The van der Waals surface area contributed by atoms with E-state index in [0.29, 0.717) is 39.6 Å². The van der Waals surface area contributed by atoms with Gasteiger partial charge in [0.25, 0.3) is 0 Å². The van der Waals surface area contributed by atoms with Gasteiger partial charge in [0, 0.05) is 6.42 Å². The summed E-state index contributed by atoms with van der Waals surface area (Å²) in [6.07, 6.45) is 0.293. The fourth-order valence-corrected chi connectivity index (χ4v) is 2.66. The Morgan fingerprint density at radius 1 is 1.24 bits per heavy atom. The van der Waals surface area contributed by atoms with Crippen molar-refractivity contribution in [2.75, 3.05) is 21.3 Å². The van der Waals surface area contributed by atoms with Gasteiger partial charge in [-0.15, -0.1) is 0 Å². The largest absolute Gasteiger partial charge is 0.493 e. The van der Waals surface area contributed by atoms with Gasteiger partial charge < -0.3 is 24.4 Å². The van der Waals surface area contributed by atoms with E-state index >= 15 is 0 Å². The fourth-order valence-electron chi connectivity index (χ4n) is 1.62. The zero-order chi connectivity index (χ0) is 16.0. The van der Waals surface area contributed by atoms with Crippen LogP contribution in [-0.2, 0) is 11.2 Å². The standard InChI is InChI=1S/C13H16O6S2/c1-17-8-4-7(5-9(18-2)11(8)19-3)6-10(20)21-13(16)12(14)15/h4-5,13,16H,6H2,1-3H3,(H,14,15). The van der Waals surface area contributed by atoms with E-state index in [1.807, 2.05) is 0 Å². The van der Waals surface area contributed by atoms with Crippen LogP contribution >= 0.6 is 24.0 Å². The zero-order valence-electron chi connectivity index (χ0n) is 11.8. The van der Waals surface area contributed by atoms with Crippen LogP contribution < -0.4 is 14.2 Å². The molecule has 1 rings (SSSR count). The lowest BCUT2D eigenvalue weighted by Crippen LogP contribution is -2.17. The van der Waals surface area contributed by atoms with Crippen LogP contribution in [0.4, 0.5) is 0 Å². The number of rotatable bonds is 7. The smallest absolute Gasteiger partial charge is 0.343 e. The Labute approximate surface area is 132 Å². The first kappa shape index (κ1) is 17.5. The summed E-state index contributed by atoms with van der Waals surface area (Å²) in [6, 6.07) is 3.45. The molecule has 0 amide bonds. The molecular weight excluding hydrogens is 316 g/mol. The van der Waals surface area contributed by atoms with E-state index in [1.165, 1.54) is 21.3 Å². The highest BCUT2D eigenvalue weighted by molar-refractivity contribution is 8.23. The number of carboxylic acid groups (broad SMARTS) is 1. The van der Waals surface area contributed by atoms with Gasteiger partial charge >= 0.3 is 5.97 Å². The molecule has 1 aromatic carbocycles. The highest BCUT2D eigenvalue weighted by Gasteiger charge is 2.18. The number of hydrogen-bond acceptors (Lipinski definition) is 7. The second kappa shape index (κ2) is 8.06. The van der Waals surface area contributed by atoms with Gasteiger partial charge in [-0.25, -0.2) is 4.79 Å². The molecule has 0 aliphatic carbocycles. The Balaban J connectivity index is 2.93. The molecular formula is C13H16O6S2. The van der Waals surface area contributed by atoms with Gasteiger partial charge in [-0.1, -0.05) is 24.0 Å². The maximum atomic E-state index is 10.6. The molecule has 0 spiro atoms. The number of aliphatic hydroxyl groups is 1. The van der Waals surface area contributed by atoms with Crippen LogP contribution in [0, 0.1) is 0 Å². The lowest BCUT2D eigenvalue weighted by Gasteiger charge is -2.14. The van der Waals surface area contributed by atoms with E-state index in [1.54, 1.807) is 12.1 Å². The number of hydrogen-bond donors (Lipinski definition) is 2. The van der Waals surface area contributed by atoms with E-state index < -0.39 is 11.4 Å². The molecule has 0 aliphatic rings. The number of ether oxygens (including phenoxy) is 3. The Morgan fingerprint density at radius 2 is 1.76 bits per heavy atom. The first-order chi connectivity index (χ1) is 9.92. The van der Waals surface area contributed by atoms with Crippen molar-refractivity contribution in [1.82, 2.24) is 0 Å². The van der Waals surface area contributed by atoms with E-state index in [-0.39, 0.29) is 0 Å². The number of aliphatic hydroxyl groups excluding tert-OH is 1. The van der Waals surface area contributed by atoms with Crippen LogP contribution in [0.2, 0.25) is 0 Å². The third-order valence-corrected chi connectivity index (χ3v) is 3.79. The number of thioether (sulfide) groups is 1. The quantitative estimate of drug-likeness (QED) is 0.577. The SMILES string of the molecule is COc1cc(CC(=S)SC(O)C(=O)O)cc(OC)c1OC. The molecule has 8 heteroatoms. The van der Waals surface area contributed by atoms with Crippen LogP contribution in [0.1, 0.15) is 5.56 Å². The summed E-state index contributed by atoms with van der Waals surface area (Å²) < 4.78 is 16.0. The van der Waals surface area contributed by atoms with Crippen molar-refractivity contribution in [1.29, 1.82) is 0 Å². The number of methoxy groups -OCH3 is 3. The lowest BCUT2D eigenvalue weighted by molar-refractivity contribution is -0.141. The fraction of sp³-hybridized carbons (Fsp3) is 0.385. The maximum absolute atomic E-state index is 10.6. The Bertz CT molecular complexity index is 506. The van der Waals surface area contributed by atoms with Gasteiger partial charge in [-0.05, 0) is 17.7 Å². The minimum absolute atomic E-state index is 0.293. The van der Waals surface area contributed by atoms with Crippen molar-refractivity contribution >= 4 is 34.1 Å². The van der Waals surface area contributed by atoms with E-state index in [2.05, 4.69) is 0 Å². The molecule has 0 heterocycles. The summed E-state index contributed by atoms with van der Waals surface area (Å²) in [4.78, 5) is 10.6. The highest BCUT2D eigenvalue weighted by atomic mass is 32.2. The summed E-state index contributed by atoms with van der Waals surface area (Å²) >= 11 is 5.79.